The Labute approximate surface area is 93.0 Å². The zero-order valence-corrected chi connectivity index (χ0v) is 10.6. The first-order valence-corrected chi connectivity index (χ1v) is 5.29. The van der Waals surface area contributed by atoms with Gasteiger partial charge in [0, 0.05) is 26.3 Å². The van der Waals surface area contributed by atoms with E-state index in [2.05, 4.69) is 5.32 Å². The highest BCUT2D eigenvalue weighted by Gasteiger charge is 2.31. The van der Waals surface area contributed by atoms with Gasteiger partial charge in [0.25, 0.3) is 0 Å². The minimum absolute atomic E-state index is 0.0868. The lowest BCUT2D eigenvalue weighted by Crippen LogP contribution is -2.51. The Morgan fingerprint density at radius 2 is 1.80 bits per heavy atom. The van der Waals surface area contributed by atoms with Gasteiger partial charge in [0.15, 0.2) is 0 Å². The molecule has 0 aliphatic rings. The van der Waals surface area contributed by atoms with Crippen LogP contribution in [0.4, 0.5) is 0 Å². The maximum Gasteiger partial charge on any atom is 0.0641 e. The van der Waals surface area contributed by atoms with Crippen LogP contribution in [0, 0.1) is 0 Å². The van der Waals surface area contributed by atoms with Gasteiger partial charge in [0.05, 0.1) is 18.8 Å². The van der Waals surface area contributed by atoms with Crippen LogP contribution in [0.15, 0.2) is 0 Å². The lowest BCUT2D eigenvalue weighted by atomic mass is 9.88. The lowest BCUT2D eigenvalue weighted by molar-refractivity contribution is -0.0171. The summed E-state index contributed by atoms with van der Waals surface area (Å²) in [6.07, 6.45) is 0.747. The Balaban J connectivity index is 4.17. The second-order valence-electron chi connectivity index (χ2n) is 4.78. The Hall–Kier alpha value is -0.160. The first kappa shape index (κ1) is 14.8. The van der Waals surface area contributed by atoms with Gasteiger partial charge in [-0.15, -0.1) is 0 Å². The van der Waals surface area contributed by atoms with E-state index in [1.807, 2.05) is 20.8 Å². The summed E-state index contributed by atoms with van der Waals surface area (Å²) in [4.78, 5) is 0. The molecule has 0 aliphatic carbocycles. The number of hydrogen-bond acceptors (Lipinski definition) is 4. The monoisotopic (exact) mass is 219 g/mol. The molecule has 0 spiro atoms. The molecule has 0 radical (unpaired) electrons. The van der Waals surface area contributed by atoms with Crippen LogP contribution in [0.5, 0.6) is 0 Å². The molecule has 0 aromatic carbocycles. The van der Waals surface area contributed by atoms with E-state index in [1.165, 1.54) is 0 Å². The molecular formula is C11H25NO3. The van der Waals surface area contributed by atoms with Crippen molar-refractivity contribution in [2.75, 3.05) is 34.0 Å². The van der Waals surface area contributed by atoms with Crippen molar-refractivity contribution in [2.24, 2.45) is 0 Å². The van der Waals surface area contributed by atoms with E-state index in [-0.39, 0.29) is 17.7 Å². The third-order valence-corrected chi connectivity index (χ3v) is 2.58. The van der Waals surface area contributed by atoms with Gasteiger partial charge in [-0.25, -0.2) is 0 Å². The molecule has 0 saturated heterocycles. The third-order valence-electron chi connectivity index (χ3n) is 2.58. The fourth-order valence-electron chi connectivity index (χ4n) is 1.64. The van der Waals surface area contributed by atoms with E-state index in [0.717, 1.165) is 13.0 Å². The Morgan fingerprint density at radius 1 is 1.20 bits per heavy atom. The van der Waals surface area contributed by atoms with Gasteiger partial charge >= 0.3 is 0 Å². The fraction of sp³-hybridized carbons (Fsp3) is 1.00. The molecule has 0 amide bonds. The van der Waals surface area contributed by atoms with Crippen LogP contribution in [0.25, 0.3) is 0 Å². The quantitative estimate of drug-likeness (QED) is 0.593. The minimum Gasteiger partial charge on any atom is -0.394 e. The summed E-state index contributed by atoms with van der Waals surface area (Å²) in [5, 5.41) is 12.7. The van der Waals surface area contributed by atoms with Gasteiger partial charge in [-0.05, 0) is 27.2 Å². The molecule has 15 heavy (non-hydrogen) atoms. The minimum atomic E-state index is -0.321. The third kappa shape index (κ3) is 6.10. The second-order valence-corrected chi connectivity index (χ2v) is 4.78. The van der Waals surface area contributed by atoms with Gasteiger partial charge in [-0.2, -0.15) is 0 Å². The molecular weight excluding hydrogens is 194 g/mol. The predicted molar refractivity (Wildman–Crippen MR) is 61.1 cm³/mol. The number of rotatable bonds is 8. The molecule has 4 nitrogen and oxygen atoms in total. The summed E-state index contributed by atoms with van der Waals surface area (Å²) >= 11 is 0. The Kier molecular flexibility index (Phi) is 6.36. The molecule has 0 rings (SSSR count). The standard InChI is InChI=1S/C11H25NO3/c1-10(2,15-5)8-11(3,9-13)12-6-7-14-4/h12-13H,6-9H2,1-5H3. The summed E-state index contributed by atoms with van der Waals surface area (Å²) < 4.78 is 10.3. The van der Waals surface area contributed by atoms with Crippen molar-refractivity contribution in [3.05, 3.63) is 0 Å². The highest BCUT2D eigenvalue weighted by molar-refractivity contribution is 4.89. The van der Waals surface area contributed by atoms with Crippen molar-refractivity contribution in [3.63, 3.8) is 0 Å². The van der Waals surface area contributed by atoms with Crippen LogP contribution in [0.2, 0.25) is 0 Å². The van der Waals surface area contributed by atoms with Gasteiger partial charge in [-0.3, -0.25) is 0 Å². The molecule has 1 atom stereocenters. The normalized spacial score (nSPS) is 16.4. The van der Waals surface area contributed by atoms with E-state index >= 15 is 0 Å². The molecule has 4 heteroatoms. The maximum absolute atomic E-state index is 9.38. The van der Waals surface area contributed by atoms with E-state index < -0.39 is 0 Å². The molecule has 0 heterocycles. The van der Waals surface area contributed by atoms with Crippen molar-refractivity contribution in [3.8, 4) is 0 Å². The Bertz CT molecular complexity index is 173. The van der Waals surface area contributed by atoms with E-state index in [0.29, 0.717) is 6.61 Å². The maximum atomic E-state index is 9.38. The fourth-order valence-corrected chi connectivity index (χ4v) is 1.64. The smallest absolute Gasteiger partial charge is 0.0641 e. The molecule has 0 aliphatic heterocycles. The number of hydrogen-bond donors (Lipinski definition) is 2. The molecule has 0 bridgehead atoms. The van der Waals surface area contributed by atoms with Crippen LogP contribution in [-0.4, -0.2) is 50.2 Å². The van der Waals surface area contributed by atoms with Crippen molar-refractivity contribution in [2.45, 2.75) is 38.3 Å². The zero-order chi connectivity index (χ0) is 11.9. The topological polar surface area (TPSA) is 50.7 Å². The summed E-state index contributed by atoms with van der Waals surface area (Å²) in [6, 6.07) is 0. The molecule has 92 valence electrons. The number of aliphatic hydroxyl groups excluding tert-OH is 1. The number of methoxy groups -OCH3 is 2. The summed E-state index contributed by atoms with van der Waals surface area (Å²) in [5.74, 6) is 0. The largest absolute Gasteiger partial charge is 0.394 e. The number of aliphatic hydroxyl groups is 1. The lowest BCUT2D eigenvalue weighted by Gasteiger charge is -2.36. The molecule has 0 saturated carbocycles. The van der Waals surface area contributed by atoms with Gasteiger partial charge in [0.2, 0.25) is 0 Å². The first-order chi connectivity index (χ1) is 6.89. The molecule has 0 aromatic heterocycles. The van der Waals surface area contributed by atoms with Crippen LogP contribution in [-0.2, 0) is 9.47 Å². The molecule has 1 unspecified atom stereocenters. The van der Waals surface area contributed by atoms with Gasteiger partial charge < -0.3 is 19.9 Å². The average Bonchev–Trinajstić information content (AvgIpc) is 2.18. The summed E-state index contributed by atoms with van der Waals surface area (Å²) in [6.45, 7) is 7.47. The van der Waals surface area contributed by atoms with Crippen molar-refractivity contribution >= 4 is 0 Å². The van der Waals surface area contributed by atoms with Crippen molar-refractivity contribution in [1.82, 2.24) is 5.32 Å². The zero-order valence-electron chi connectivity index (χ0n) is 10.6. The predicted octanol–water partition coefficient (Wildman–Crippen LogP) is 0.788. The van der Waals surface area contributed by atoms with E-state index in [4.69, 9.17) is 9.47 Å². The van der Waals surface area contributed by atoms with E-state index in [9.17, 15) is 5.11 Å². The molecule has 0 aromatic rings. The first-order valence-electron chi connectivity index (χ1n) is 5.29. The molecule has 0 fully saturated rings. The molecule has 2 N–H and O–H groups in total. The average molecular weight is 219 g/mol. The highest BCUT2D eigenvalue weighted by Crippen LogP contribution is 2.22. The van der Waals surface area contributed by atoms with Crippen LogP contribution >= 0.6 is 0 Å². The van der Waals surface area contributed by atoms with Crippen molar-refractivity contribution < 1.29 is 14.6 Å². The van der Waals surface area contributed by atoms with Gasteiger partial charge in [0.1, 0.15) is 0 Å². The SMILES string of the molecule is COCCNC(C)(CO)CC(C)(C)OC. The van der Waals surface area contributed by atoms with E-state index in [1.54, 1.807) is 14.2 Å². The van der Waals surface area contributed by atoms with Crippen molar-refractivity contribution in [1.29, 1.82) is 0 Å². The Morgan fingerprint density at radius 3 is 2.20 bits per heavy atom. The summed E-state index contributed by atoms with van der Waals surface area (Å²) in [7, 11) is 3.35. The summed E-state index contributed by atoms with van der Waals surface area (Å²) in [5.41, 5.74) is -0.560. The van der Waals surface area contributed by atoms with Crippen LogP contribution in [0.3, 0.4) is 0 Å². The second kappa shape index (κ2) is 6.43. The van der Waals surface area contributed by atoms with Crippen LogP contribution < -0.4 is 5.32 Å². The highest BCUT2D eigenvalue weighted by atomic mass is 16.5. The number of nitrogens with one attached hydrogen (secondary N) is 1. The number of ether oxygens (including phenoxy) is 2. The van der Waals surface area contributed by atoms with Crippen LogP contribution in [0.1, 0.15) is 27.2 Å². The van der Waals surface area contributed by atoms with Gasteiger partial charge in [-0.1, -0.05) is 0 Å².